The van der Waals surface area contributed by atoms with Crippen LogP contribution in [0, 0.1) is 0 Å². The van der Waals surface area contributed by atoms with Crippen molar-refractivity contribution in [3.8, 4) is 17.2 Å². The van der Waals surface area contributed by atoms with Crippen molar-refractivity contribution >= 4 is 28.2 Å². The van der Waals surface area contributed by atoms with Crippen LogP contribution in [-0.4, -0.2) is 68.3 Å². The number of anilines is 1. The van der Waals surface area contributed by atoms with Crippen molar-refractivity contribution in [2.45, 2.75) is 26.2 Å². The van der Waals surface area contributed by atoms with E-state index in [0.29, 0.717) is 17.7 Å². The molecular formula is C29H34N2O6. The Hall–Kier alpha value is -3.62. The van der Waals surface area contributed by atoms with E-state index in [-0.39, 0.29) is 28.2 Å². The SMILES string of the molecule is COc1c(O)cc(C(C)(C)C)cc1NC(=O)C(=O)c1ccc(OCCN2CCOCC2)c2ccccc12. The number of methoxy groups -OCH3 is 1. The highest BCUT2D eigenvalue weighted by atomic mass is 16.5. The molecule has 0 bridgehead atoms. The number of fused-ring (bicyclic) bond motifs is 1. The summed E-state index contributed by atoms with van der Waals surface area (Å²) in [5, 5.41) is 14.5. The largest absolute Gasteiger partial charge is 0.504 e. The molecule has 8 nitrogen and oxygen atoms in total. The summed E-state index contributed by atoms with van der Waals surface area (Å²) in [6.07, 6.45) is 0. The van der Waals surface area contributed by atoms with Gasteiger partial charge in [-0.05, 0) is 40.6 Å². The Kier molecular flexibility index (Phi) is 8.00. The maximum Gasteiger partial charge on any atom is 0.296 e. The first-order valence-corrected chi connectivity index (χ1v) is 12.4. The first-order chi connectivity index (χ1) is 17.7. The van der Waals surface area contributed by atoms with Crippen LogP contribution < -0.4 is 14.8 Å². The fourth-order valence-corrected chi connectivity index (χ4v) is 4.36. The van der Waals surface area contributed by atoms with E-state index in [0.717, 1.165) is 43.8 Å². The van der Waals surface area contributed by atoms with Gasteiger partial charge in [-0.3, -0.25) is 14.5 Å². The van der Waals surface area contributed by atoms with Gasteiger partial charge in [0.05, 0.1) is 26.0 Å². The predicted molar refractivity (Wildman–Crippen MR) is 143 cm³/mol. The van der Waals surface area contributed by atoms with E-state index in [9.17, 15) is 14.7 Å². The molecule has 1 fully saturated rings. The average Bonchev–Trinajstić information content (AvgIpc) is 2.88. The van der Waals surface area contributed by atoms with Crippen LogP contribution in [0.25, 0.3) is 10.8 Å². The lowest BCUT2D eigenvalue weighted by molar-refractivity contribution is -0.112. The first-order valence-electron chi connectivity index (χ1n) is 12.4. The zero-order valence-corrected chi connectivity index (χ0v) is 21.8. The molecule has 0 radical (unpaired) electrons. The highest BCUT2D eigenvalue weighted by Gasteiger charge is 2.24. The monoisotopic (exact) mass is 506 g/mol. The highest BCUT2D eigenvalue weighted by Crippen LogP contribution is 2.39. The van der Waals surface area contributed by atoms with Gasteiger partial charge in [0.15, 0.2) is 11.5 Å². The molecule has 0 aliphatic carbocycles. The second-order valence-corrected chi connectivity index (χ2v) is 10.1. The van der Waals surface area contributed by atoms with Gasteiger partial charge in [-0.25, -0.2) is 0 Å². The van der Waals surface area contributed by atoms with Crippen LogP contribution in [0.15, 0.2) is 48.5 Å². The smallest absolute Gasteiger partial charge is 0.296 e. The van der Waals surface area contributed by atoms with E-state index in [4.69, 9.17) is 14.2 Å². The summed E-state index contributed by atoms with van der Waals surface area (Å²) in [5.74, 6) is -0.872. The van der Waals surface area contributed by atoms with Crippen LogP contribution in [-0.2, 0) is 14.9 Å². The Balaban J connectivity index is 1.56. The molecule has 1 saturated heterocycles. The summed E-state index contributed by atoms with van der Waals surface area (Å²) in [6, 6.07) is 14.0. The highest BCUT2D eigenvalue weighted by molar-refractivity contribution is 6.48. The van der Waals surface area contributed by atoms with Crippen LogP contribution in [0.1, 0.15) is 36.7 Å². The van der Waals surface area contributed by atoms with Crippen molar-refractivity contribution in [3.05, 3.63) is 59.7 Å². The third-order valence-corrected chi connectivity index (χ3v) is 6.49. The number of ketones is 1. The molecule has 0 spiro atoms. The topological polar surface area (TPSA) is 97.3 Å². The number of amides is 1. The molecule has 0 unspecified atom stereocenters. The van der Waals surface area contributed by atoms with Crippen molar-refractivity contribution in [2.24, 2.45) is 0 Å². The number of morpholine rings is 1. The summed E-state index contributed by atoms with van der Waals surface area (Å²) in [4.78, 5) is 28.7. The van der Waals surface area contributed by atoms with Gasteiger partial charge < -0.3 is 24.6 Å². The van der Waals surface area contributed by atoms with Gasteiger partial charge >= 0.3 is 0 Å². The molecule has 0 aromatic heterocycles. The number of hydrogen-bond donors (Lipinski definition) is 2. The van der Waals surface area contributed by atoms with Gasteiger partial charge in [-0.2, -0.15) is 0 Å². The van der Waals surface area contributed by atoms with Gasteiger partial charge in [0.25, 0.3) is 11.7 Å². The van der Waals surface area contributed by atoms with Crippen molar-refractivity contribution in [1.29, 1.82) is 0 Å². The number of Topliss-reactive ketones (excluding diaryl/α,β-unsaturated/α-hetero) is 1. The van der Waals surface area contributed by atoms with E-state index in [1.807, 2.05) is 39.0 Å². The molecule has 4 rings (SSSR count). The zero-order valence-electron chi connectivity index (χ0n) is 21.8. The number of ether oxygens (including phenoxy) is 3. The molecule has 0 atom stereocenters. The number of benzene rings is 3. The number of phenols is 1. The summed E-state index contributed by atoms with van der Waals surface area (Å²) < 4.78 is 16.7. The summed E-state index contributed by atoms with van der Waals surface area (Å²) >= 11 is 0. The first kappa shape index (κ1) is 26.4. The molecule has 0 saturated carbocycles. The molecule has 1 aliphatic rings. The number of carbonyl (C=O) groups excluding carboxylic acids is 2. The van der Waals surface area contributed by atoms with E-state index in [1.54, 1.807) is 30.3 Å². The normalized spacial score (nSPS) is 14.4. The van der Waals surface area contributed by atoms with Crippen molar-refractivity contribution in [1.82, 2.24) is 4.90 Å². The second-order valence-electron chi connectivity index (χ2n) is 10.1. The fraction of sp³-hybridized carbons (Fsp3) is 0.379. The van der Waals surface area contributed by atoms with E-state index in [1.165, 1.54) is 7.11 Å². The van der Waals surface area contributed by atoms with Gasteiger partial charge in [0.1, 0.15) is 12.4 Å². The Labute approximate surface area is 217 Å². The van der Waals surface area contributed by atoms with Gasteiger partial charge in [-0.15, -0.1) is 0 Å². The molecule has 3 aromatic carbocycles. The lowest BCUT2D eigenvalue weighted by Gasteiger charge is -2.26. The van der Waals surface area contributed by atoms with Crippen LogP contribution in [0.2, 0.25) is 0 Å². The molecule has 1 aliphatic heterocycles. The molecular weight excluding hydrogens is 472 g/mol. The summed E-state index contributed by atoms with van der Waals surface area (Å²) in [5.41, 5.74) is 1.00. The van der Waals surface area contributed by atoms with Crippen LogP contribution >= 0.6 is 0 Å². The predicted octanol–water partition coefficient (Wildman–Crippen LogP) is 4.38. The third-order valence-electron chi connectivity index (χ3n) is 6.49. The number of nitrogens with zero attached hydrogens (tertiary/aromatic N) is 1. The molecule has 37 heavy (non-hydrogen) atoms. The van der Waals surface area contributed by atoms with Crippen molar-refractivity contribution in [2.75, 3.05) is 51.9 Å². The standard InChI is InChI=1S/C29H34N2O6/c1-29(2,3)19-17-23(27(35-4)24(32)18-19)30-28(34)26(33)22-9-10-25(21-8-6-5-7-20(21)22)37-16-13-31-11-14-36-15-12-31/h5-10,17-18,32H,11-16H2,1-4H3,(H,30,34). The second kappa shape index (κ2) is 11.2. The van der Waals surface area contributed by atoms with Crippen LogP contribution in [0.5, 0.6) is 17.2 Å². The fourth-order valence-electron chi connectivity index (χ4n) is 4.36. The number of aromatic hydroxyl groups is 1. The number of rotatable bonds is 8. The summed E-state index contributed by atoms with van der Waals surface area (Å²) in [7, 11) is 1.40. The number of nitrogens with one attached hydrogen (secondary N) is 1. The van der Waals surface area contributed by atoms with E-state index >= 15 is 0 Å². The Morgan fingerprint density at radius 1 is 1.05 bits per heavy atom. The Morgan fingerprint density at radius 3 is 2.43 bits per heavy atom. The minimum Gasteiger partial charge on any atom is -0.504 e. The summed E-state index contributed by atoms with van der Waals surface area (Å²) in [6.45, 7) is 10.5. The Bertz CT molecular complexity index is 1290. The number of carbonyl (C=O) groups is 2. The lowest BCUT2D eigenvalue weighted by atomic mass is 9.86. The Morgan fingerprint density at radius 2 is 1.76 bits per heavy atom. The van der Waals surface area contributed by atoms with E-state index < -0.39 is 11.7 Å². The number of phenolic OH excluding ortho intramolecular Hbond substituents is 1. The van der Waals surface area contributed by atoms with Crippen molar-refractivity contribution < 1.29 is 28.9 Å². The van der Waals surface area contributed by atoms with Crippen LogP contribution in [0.4, 0.5) is 5.69 Å². The molecule has 2 N–H and O–H groups in total. The quantitative estimate of drug-likeness (QED) is 0.346. The molecule has 8 heteroatoms. The molecule has 196 valence electrons. The minimum atomic E-state index is -0.824. The number of hydrogen-bond acceptors (Lipinski definition) is 7. The van der Waals surface area contributed by atoms with Crippen LogP contribution in [0.3, 0.4) is 0 Å². The maximum atomic E-state index is 13.3. The van der Waals surface area contributed by atoms with Gasteiger partial charge in [0.2, 0.25) is 0 Å². The average molecular weight is 507 g/mol. The molecule has 1 heterocycles. The minimum absolute atomic E-state index is 0.100. The van der Waals surface area contributed by atoms with E-state index in [2.05, 4.69) is 10.2 Å². The third kappa shape index (κ3) is 6.03. The lowest BCUT2D eigenvalue weighted by Crippen LogP contribution is -2.38. The zero-order chi connectivity index (χ0) is 26.6. The van der Waals surface area contributed by atoms with Gasteiger partial charge in [0, 0.05) is 30.6 Å². The molecule has 1 amide bonds. The van der Waals surface area contributed by atoms with Crippen molar-refractivity contribution in [3.63, 3.8) is 0 Å². The van der Waals surface area contributed by atoms with Gasteiger partial charge in [-0.1, -0.05) is 45.0 Å². The molecule has 3 aromatic rings. The maximum absolute atomic E-state index is 13.3.